The second kappa shape index (κ2) is 8.45. The molecular weight excluding hydrogens is 350 g/mol. The Morgan fingerprint density at radius 2 is 1.58 bits per heavy atom. The van der Waals surface area contributed by atoms with Crippen molar-refractivity contribution >= 4 is 23.2 Å². The van der Waals surface area contributed by atoms with Gasteiger partial charge in [0.2, 0.25) is 0 Å². The summed E-state index contributed by atoms with van der Waals surface area (Å²) in [7, 11) is 3.03. The zero-order valence-corrected chi connectivity index (χ0v) is 16.9. The van der Waals surface area contributed by atoms with Crippen LogP contribution in [-0.2, 0) is 0 Å². The van der Waals surface area contributed by atoms with E-state index in [0.29, 0.717) is 22.1 Å². The SMILES string of the molecule is COc1cc(C(=O)Nc2c(C(C)C)cccc2C(C)C)cc(Cl)c1OC. The minimum absolute atomic E-state index is 0.233. The van der Waals surface area contributed by atoms with Crippen LogP contribution in [0.3, 0.4) is 0 Å². The summed E-state index contributed by atoms with van der Waals surface area (Å²) < 4.78 is 10.5. The number of ether oxygens (including phenoxy) is 2. The van der Waals surface area contributed by atoms with Gasteiger partial charge in [-0.05, 0) is 35.1 Å². The van der Waals surface area contributed by atoms with Gasteiger partial charge in [0.1, 0.15) is 0 Å². The summed E-state index contributed by atoms with van der Waals surface area (Å²) in [5.74, 6) is 1.18. The number of amides is 1. The number of hydrogen-bond donors (Lipinski definition) is 1. The Hall–Kier alpha value is -2.20. The Morgan fingerprint density at radius 1 is 1.00 bits per heavy atom. The zero-order chi connectivity index (χ0) is 19.4. The number of methoxy groups -OCH3 is 2. The molecule has 2 aromatic carbocycles. The van der Waals surface area contributed by atoms with Crippen LogP contribution >= 0.6 is 11.6 Å². The first-order chi connectivity index (χ1) is 12.3. The van der Waals surface area contributed by atoms with E-state index in [1.165, 1.54) is 14.2 Å². The van der Waals surface area contributed by atoms with E-state index >= 15 is 0 Å². The molecule has 0 saturated carbocycles. The largest absolute Gasteiger partial charge is 0.493 e. The highest BCUT2D eigenvalue weighted by Crippen LogP contribution is 2.37. The van der Waals surface area contributed by atoms with Gasteiger partial charge in [-0.15, -0.1) is 0 Å². The molecule has 1 N–H and O–H groups in total. The van der Waals surface area contributed by atoms with Crippen molar-refractivity contribution in [3.63, 3.8) is 0 Å². The minimum Gasteiger partial charge on any atom is -0.493 e. The van der Waals surface area contributed by atoms with Crippen molar-refractivity contribution in [1.82, 2.24) is 0 Å². The Kier molecular flexibility index (Phi) is 6.54. The van der Waals surface area contributed by atoms with Gasteiger partial charge >= 0.3 is 0 Å². The number of benzene rings is 2. The Morgan fingerprint density at radius 3 is 2.04 bits per heavy atom. The molecule has 140 valence electrons. The van der Waals surface area contributed by atoms with E-state index < -0.39 is 0 Å². The van der Waals surface area contributed by atoms with Gasteiger partial charge in [0.25, 0.3) is 5.91 Å². The van der Waals surface area contributed by atoms with Crippen molar-refractivity contribution in [2.75, 3.05) is 19.5 Å². The molecule has 0 unspecified atom stereocenters. The van der Waals surface area contributed by atoms with E-state index in [0.717, 1.165) is 16.8 Å². The number of anilines is 1. The number of hydrogen-bond acceptors (Lipinski definition) is 3. The first-order valence-electron chi connectivity index (χ1n) is 8.65. The van der Waals surface area contributed by atoms with E-state index in [4.69, 9.17) is 21.1 Å². The molecule has 1 amide bonds. The van der Waals surface area contributed by atoms with Gasteiger partial charge < -0.3 is 14.8 Å². The van der Waals surface area contributed by atoms with E-state index in [1.54, 1.807) is 12.1 Å². The molecule has 2 aromatic rings. The maximum atomic E-state index is 12.9. The maximum absolute atomic E-state index is 12.9. The highest BCUT2D eigenvalue weighted by atomic mass is 35.5. The van der Waals surface area contributed by atoms with Crippen molar-refractivity contribution in [3.8, 4) is 11.5 Å². The Bertz CT molecular complexity index is 774. The van der Waals surface area contributed by atoms with Gasteiger partial charge in [-0.1, -0.05) is 57.5 Å². The summed E-state index contributed by atoms with van der Waals surface area (Å²) in [5.41, 5.74) is 3.50. The summed E-state index contributed by atoms with van der Waals surface area (Å²) in [6.07, 6.45) is 0. The fourth-order valence-electron chi connectivity index (χ4n) is 2.93. The van der Waals surface area contributed by atoms with E-state index in [9.17, 15) is 4.79 Å². The highest BCUT2D eigenvalue weighted by molar-refractivity contribution is 6.32. The molecule has 0 aliphatic rings. The number of halogens is 1. The Labute approximate surface area is 160 Å². The molecule has 5 heteroatoms. The molecule has 0 heterocycles. The van der Waals surface area contributed by atoms with Crippen LogP contribution in [0.4, 0.5) is 5.69 Å². The second-order valence-electron chi connectivity index (χ2n) is 6.77. The molecule has 0 aliphatic heterocycles. The molecule has 0 bridgehead atoms. The predicted octanol–water partition coefficient (Wildman–Crippen LogP) is 5.86. The first-order valence-corrected chi connectivity index (χ1v) is 9.03. The zero-order valence-electron chi connectivity index (χ0n) is 16.1. The van der Waals surface area contributed by atoms with Crippen molar-refractivity contribution in [3.05, 3.63) is 52.0 Å². The van der Waals surface area contributed by atoms with Gasteiger partial charge in [0.05, 0.1) is 19.2 Å². The van der Waals surface area contributed by atoms with Gasteiger partial charge in [-0.3, -0.25) is 4.79 Å². The third kappa shape index (κ3) is 4.13. The third-order valence-electron chi connectivity index (χ3n) is 4.31. The number of carbonyl (C=O) groups is 1. The van der Waals surface area contributed by atoms with E-state index in [1.807, 2.05) is 18.2 Å². The summed E-state index contributed by atoms with van der Waals surface area (Å²) in [6, 6.07) is 9.35. The normalized spacial score (nSPS) is 11.0. The molecule has 26 heavy (non-hydrogen) atoms. The summed E-state index contributed by atoms with van der Waals surface area (Å²) in [4.78, 5) is 12.9. The molecule has 0 spiro atoms. The number of rotatable bonds is 6. The van der Waals surface area contributed by atoms with Crippen molar-refractivity contribution in [2.24, 2.45) is 0 Å². The average Bonchev–Trinajstić information content (AvgIpc) is 2.60. The molecule has 0 fully saturated rings. The fourth-order valence-corrected chi connectivity index (χ4v) is 3.22. The molecule has 0 atom stereocenters. The Balaban J connectivity index is 2.47. The molecule has 2 rings (SSSR count). The van der Waals surface area contributed by atoms with Gasteiger partial charge in [0.15, 0.2) is 11.5 Å². The topological polar surface area (TPSA) is 47.6 Å². The van der Waals surface area contributed by atoms with Crippen LogP contribution in [0.1, 0.15) is 61.0 Å². The minimum atomic E-state index is -0.233. The second-order valence-corrected chi connectivity index (χ2v) is 7.18. The van der Waals surface area contributed by atoms with E-state index in [2.05, 4.69) is 33.0 Å². The van der Waals surface area contributed by atoms with Crippen LogP contribution in [0.2, 0.25) is 5.02 Å². The van der Waals surface area contributed by atoms with Crippen molar-refractivity contribution in [1.29, 1.82) is 0 Å². The standard InChI is InChI=1S/C21H26ClNO3/c1-12(2)15-8-7-9-16(13(3)4)19(15)23-21(24)14-10-17(22)20(26-6)18(11-14)25-5/h7-13H,1-6H3,(H,23,24). The fraction of sp³-hybridized carbons (Fsp3) is 0.381. The van der Waals surface area contributed by atoms with Gasteiger partial charge in [-0.25, -0.2) is 0 Å². The molecule has 0 radical (unpaired) electrons. The van der Waals surface area contributed by atoms with Crippen molar-refractivity contribution < 1.29 is 14.3 Å². The van der Waals surface area contributed by atoms with Crippen LogP contribution in [0.15, 0.2) is 30.3 Å². The summed E-state index contributed by atoms with van der Waals surface area (Å²) in [5, 5.41) is 3.41. The molecule has 0 aromatic heterocycles. The van der Waals surface area contributed by atoms with Gasteiger partial charge in [0, 0.05) is 11.3 Å². The molecular formula is C21H26ClNO3. The lowest BCUT2D eigenvalue weighted by molar-refractivity contribution is 0.102. The number of carbonyl (C=O) groups excluding carboxylic acids is 1. The molecule has 0 aliphatic carbocycles. The first kappa shape index (κ1) is 20.1. The maximum Gasteiger partial charge on any atom is 0.255 e. The molecule has 0 saturated heterocycles. The average molecular weight is 376 g/mol. The molecule has 4 nitrogen and oxygen atoms in total. The summed E-state index contributed by atoms with van der Waals surface area (Å²) >= 11 is 6.24. The van der Waals surface area contributed by atoms with E-state index in [-0.39, 0.29) is 17.7 Å². The van der Waals surface area contributed by atoms with Crippen LogP contribution in [0, 0.1) is 0 Å². The lowest BCUT2D eigenvalue weighted by Gasteiger charge is -2.20. The van der Waals surface area contributed by atoms with Crippen LogP contribution in [-0.4, -0.2) is 20.1 Å². The smallest absolute Gasteiger partial charge is 0.255 e. The number of para-hydroxylation sites is 1. The van der Waals surface area contributed by atoms with Crippen LogP contribution in [0.5, 0.6) is 11.5 Å². The monoisotopic (exact) mass is 375 g/mol. The lowest BCUT2D eigenvalue weighted by atomic mass is 9.92. The number of nitrogens with one attached hydrogen (secondary N) is 1. The van der Waals surface area contributed by atoms with Gasteiger partial charge in [-0.2, -0.15) is 0 Å². The summed E-state index contributed by atoms with van der Waals surface area (Å²) in [6.45, 7) is 8.45. The lowest BCUT2D eigenvalue weighted by Crippen LogP contribution is -2.16. The van der Waals surface area contributed by atoms with Crippen molar-refractivity contribution in [2.45, 2.75) is 39.5 Å². The quantitative estimate of drug-likeness (QED) is 0.688. The van der Waals surface area contributed by atoms with Crippen LogP contribution < -0.4 is 14.8 Å². The predicted molar refractivity (Wildman–Crippen MR) is 107 cm³/mol. The third-order valence-corrected chi connectivity index (χ3v) is 4.59. The van der Waals surface area contributed by atoms with Crippen LogP contribution in [0.25, 0.3) is 0 Å². The highest BCUT2D eigenvalue weighted by Gasteiger charge is 2.19.